The van der Waals surface area contributed by atoms with Crippen molar-refractivity contribution in [2.24, 2.45) is 0 Å². The highest BCUT2D eigenvalue weighted by atomic mass is 19.1. The number of nitrogens with zero attached hydrogens (tertiary/aromatic N) is 1. The zero-order valence-corrected chi connectivity index (χ0v) is 13.3. The number of halogens is 1. The van der Waals surface area contributed by atoms with Gasteiger partial charge in [-0.05, 0) is 50.6 Å². The van der Waals surface area contributed by atoms with Gasteiger partial charge in [-0.15, -0.1) is 0 Å². The molecule has 116 valence electrons. The monoisotopic (exact) mass is 291 g/mol. The highest BCUT2D eigenvalue weighted by Crippen LogP contribution is 2.14. The molecule has 0 aliphatic rings. The van der Waals surface area contributed by atoms with Gasteiger partial charge in [-0.2, -0.15) is 0 Å². The van der Waals surface area contributed by atoms with Crippen LogP contribution < -0.4 is 0 Å². The third kappa shape index (κ3) is 6.75. The Labute approximate surface area is 128 Å². The molecule has 0 saturated carbocycles. The maximum absolute atomic E-state index is 13.7. The van der Waals surface area contributed by atoms with Crippen LogP contribution in [0.15, 0.2) is 18.2 Å². The number of unbranched alkanes of at least 4 members (excludes halogenated alkanes) is 2. The van der Waals surface area contributed by atoms with Crippen LogP contribution in [0.2, 0.25) is 0 Å². The molecule has 1 rings (SSSR count). The van der Waals surface area contributed by atoms with Crippen LogP contribution >= 0.6 is 0 Å². The number of benzene rings is 1. The molecule has 2 nitrogen and oxygen atoms in total. The van der Waals surface area contributed by atoms with Gasteiger partial charge >= 0.3 is 0 Å². The highest BCUT2D eigenvalue weighted by Gasteiger charge is 2.11. The number of aliphatic hydroxyl groups is 1. The highest BCUT2D eigenvalue weighted by molar-refractivity contribution is 5.37. The normalized spacial score (nSPS) is 10.8. The Morgan fingerprint density at radius 3 is 2.62 bits per heavy atom. The summed E-state index contributed by atoms with van der Waals surface area (Å²) in [5.74, 6) is 5.06. The standard InChI is InChI=1S/C18H26FNO/c1-4-5-6-9-20(15(2)3)14-17-11-16(8-7-10-21)12-18(19)13-17/h11-13,15,21H,4-6,9-10,14H2,1-3H3. The lowest BCUT2D eigenvalue weighted by Crippen LogP contribution is -2.31. The number of rotatable bonds is 7. The summed E-state index contributed by atoms with van der Waals surface area (Å²) >= 11 is 0. The topological polar surface area (TPSA) is 23.5 Å². The average molecular weight is 291 g/mol. The van der Waals surface area contributed by atoms with Crippen molar-refractivity contribution in [2.45, 2.75) is 52.6 Å². The zero-order chi connectivity index (χ0) is 15.7. The van der Waals surface area contributed by atoms with Crippen molar-refractivity contribution in [3.63, 3.8) is 0 Å². The number of aliphatic hydroxyl groups excluding tert-OH is 1. The Morgan fingerprint density at radius 2 is 2.00 bits per heavy atom. The molecule has 0 spiro atoms. The Kier molecular flexibility index (Phi) is 8.04. The van der Waals surface area contributed by atoms with Crippen LogP contribution in [0.25, 0.3) is 0 Å². The van der Waals surface area contributed by atoms with Gasteiger partial charge in [0, 0.05) is 18.2 Å². The van der Waals surface area contributed by atoms with Crippen molar-refractivity contribution >= 4 is 0 Å². The Bertz CT molecular complexity index is 488. The van der Waals surface area contributed by atoms with E-state index in [0.29, 0.717) is 11.6 Å². The molecule has 0 radical (unpaired) electrons. The summed E-state index contributed by atoms with van der Waals surface area (Å²) in [5, 5.41) is 8.73. The summed E-state index contributed by atoms with van der Waals surface area (Å²) in [7, 11) is 0. The van der Waals surface area contributed by atoms with E-state index in [1.807, 2.05) is 6.07 Å². The van der Waals surface area contributed by atoms with Gasteiger partial charge in [-0.1, -0.05) is 31.6 Å². The van der Waals surface area contributed by atoms with Crippen molar-refractivity contribution in [3.8, 4) is 11.8 Å². The molecule has 0 aliphatic carbocycles. The molecular formula is C18H26FNO. The lowest BCUT2D eigenvalue weighted by atomic mass is 10.1. The summed E-state index contributed by atoms with van der Waals surface area (Å²) in [4.78, 5) is 2.35. The van der Waals surface area contributed by atoms with E-state index in [2.05, 4.69) is 37.5 Å². The first-order valence-corrected chi connectivity index (χ1v) is 7.70. The van der Waals surface area contributed by atoms with E-state index in [4.69, 9.17) is 5.11 Å². The Balaban J connectivity index is 2.80. The molecule has 0 aromatic heterocycles. The third-order valence-corrected chi connectivity index (χ3v) is 3.43. The fraction of sp³-hybridized carbons (Fsp3) is 0.556. The van der Waals surface area contributed by atoms with Crippen LogP contribution in [0.1, 0.15) is 51.2 Å². The van der Waals surface area contributed by atoms with Crippen molar-refractivity contribution in [3.05, 3.63) is 35.1 Å². The number of hydrogen-bond acceptors (Lipinski definition) is 2. The van der Waals surface area contributed by atoms with E-state index in [-0.39, 0.29) is 12.4 Å². The molecule has 1 aromatic carbocycles. The zero-order valence-electron chi connectivity index (χ0n) is 13.3. The van der Waals surface area contributed by atoms with E-state index in [1.165, 1.54) is 25.3 Å². The van der Waals surface area contributed by atoms with Gasteiger partial charge in [0.2, 0.25) is 0 Å². The smallest absolute Gasteiger partial charge is 0.124 e. The second-order valence-corrected chi connectivity index (χ2v) is 5.58. The predicted molar refractivity (Wildman–Crippen MR) is 85.4 cm³/mol. The second-order valence-electron chi connectivity index (χ2n) is 5.58. The van der Waals surface area contributed by atoms with E-state index in [9.17, 15) is 4.39 Å². The van der Waals surface area contributed by atoms with Crippen LogP contribution in [0.5, 0.6) is 0 Å². The fourth-order valence-corrected chi connectivity index (χ4v) is 2.27. The molecule has 1 N–H and O–H groups in total. The van der Waals surface area contributed by atoms with Gasteiger partial charge in [0.05, 0.1) is 0 Å². The lowest BCUT2D eigenvalue weighted by molar-refractivity contribution is 0.208. The largest absolute Gasteiger partial charge is 0.384 e. The predicted octanol–water partition coefficient (Wildman–Crippen LogP) is 3.57. The molecule has 0 atom stereocenters. The molecule has 0 unspecified atom stereocenters. The average Bonchev–Trinajstić information content (AvgIpc) is 2.43. The molecular weight excluding hydrogens is 265 g/mol. The minimum Gasteiger partial charge on any atom is -0.384 e. The van der Waals surface area contributed by atoms with Crippen molar-refractivity contribution < 1.29 is 9.50 Å². The minimum atomic E-state index is -0.271. The quantitative estimate of drug-likeness (QED) is 0.613. The summed E-state index contributed by atoms with van der Waals surface area (Å²) in [6.07, 6.45) is 3.59. The molecule has 0 aliphatic heterocycles. The number of hydrogen-bond donors (Lipinski definition) is 1. The summed E-state index contributed by atoms with van der Waals surface area (Å²) in [5.41, 5.74) is 1.55. The molecule has 3 heteroatoms. The van der Waals surface area contributed by atoms with Crippen molar-refractivity contribution in [1.29, 1.82) is 0 Å². The fourth-order valence-electron chi connectivity index (χ4n) is 2.27. The van der Waals surface area contributed by atoms with E-state index < -0.39 is 0 Å². The maximum atomic E-state index is 13.7. The minimum absolute atomic E-state index is 0.207. The van der Waals surface area contributed by atoms with Gasteiger partial charge in [0.15, 0.2) is 0 Å². The third-order valence-electron chi connectivity index (χ3n) is 3.43. The van der Waals surface area contributed by atoms with Crippen molar-refractivity contribution in [1.82, 2.24) is 4.90 Å². The molecule has 0 amide bonds. The van der Waals surface area contributed by atoms with E-state index in [0.717, 1.165) is 18.7 Å². The summed E-state index contributed by atoms with van der Waals surface area (Å²) in [6, 6.07) is 5.31. The van der Waals surface area contributed by atoms with Gasteiger partial charge in [0.25, 0.3) is 0 Å². The van der Waals surface area contributed by atoms with Gasteiger partial charge in [-0.25, -0.2) is 4.39 Å². The van der Waals surface area contributed by atoms with Crippen LogP contribution in [-0.2, 0) is 6.54 Å². The second kappa shape index (κ2) is 9.55. The molecule has 21 heavy (non-hydrogen) atoms. The molecule has 0 bridgehead atoms. The van der Waals surface area contributed by atoms with Crippen LogP contribution in [0.3, 0.4) is 0 Å². The first kappa shape index (κ1) is 17.7. The van der Waals surface area contributed by atoms with Gasteiger partial charge in [-0.3, -0.25) is 4.90 Å². The van der Waals surface area contributed by atoms with Crippen LogP contribution in [0, 0.1) is 17.7 Å². The van der Waals surface area contributed by atoms with Gasteiger partial charge < -0.3 is 5.11 Å². The first-order chi connectivity index (χ1) is 10.1. The van der Waals surface area contributed by atoms with Crippen LogP contribution in [0.4, 0.5) is 4.39 Å². The Hall–Kier alpha value is -1.37. The van der Waals surface area contributed by atoms with Gasteiger partial charge in [0.1, 0.15) is 12.4 Å². The van der Waals surface area contributed by atoms with E-state index >= 15 is 0 Å². The van der Waals surface area contributed by atoms with Crippen molar-refractivity contribution in [2.75, 3.05) is 13.2 Å². The Morgan fingerprint density at radius 1 is 1.24 bits per heavy atom. The lowest BCUT2D eigenvalue weighted by Gasteiger charge is -2.26. The molecule has 0 fully saturated rings. The maximum Gasteiger partial charge on any atom is 0.124 e. The van der Waals surface area contributed by atoms with Crippen LogP contribution in [-0.4, -0.2) is 29.2 Å². The molecule has 0 saturated heterocycles. The molecule has 1 aromatic rings. The molecule has 0 heterocycles. The first-order valence-electron chi connectivity index (χ1n) is 7.70. The SMILES string of the molecule is CCCCCN(Cc1cc(F)cc(C#CCO)c1)C(C)C. The summed E-state index contributed by atoms with van der Waals surface area (Å²) in [6.45, 7) is 8.07. The van der Waals surface area contributed by atoms with E-state index in [1.54, 1.807) is 6.07 Å². The summed E-state index contributed by atoms with van der Waals surface area (Å²) < 4.78 is 13.7.